The largest absolute Gasteiger partial charge is 0.324 e. The number of halogens is 2. The number of nitrogens with zero attached hydrogens (tertiary/aromatic N) is 2. The van der Waals surface area contributed by atoms with Gasteiger partial charge in [0.1, 0.15) is 10.9 Å². The molecular weight excluding hydrogens is 453 g/mol. The van der Waals surface area contributed by atoms with Gasteiger partial charge >= 0.3 is 0 Å². The van der Waals surface area contributed by atoms with E-state index in [-0.39, 0.29) is 11.5 Å². The molecule has 2 heterocycles. The van der Waals surface area contributed by atoms with Gasteiger partial charge in [-0.05, 0) is 55.7 Å². The molecule has 4 rings (SSSR count). The Kier molecular flexibility index (Phi) is 5.88. The molecule has 4 aromatic rings. The first-order valence-corrected chi connectivity index (χ1v) is 11.2. The van der Waals surface area contributed by atoms with E-state index >= 15 is 0 Å². The average Bonchev–Trinajstić information content (AvgIpc) is 3.14. The number of hydrogen-bond donors (Lipinski definition) is 1. The van der Waals surface area contributed by atoms with Crippen molar-refractivity contribution in [1.82, 2.24) is 9.55 Å². The van der Waals surface area contributed by atoms with Crippen molar-refractivity contribution in [2.75, 3.05) is 5.32 Å². The lowest BCUT2D eigenvalue weighted by Gasteiger charge is -2.15. The first-order chi connectivity index (χ1) is 14.7. The van der Waals surface area contributed by atoms with Gasteiger partial charge in [0.25, 0.3) is 5.56 Å². The number of anilines is 1. The summed E-state index contributed by atoms with van der Waals surface area (Å²) in [6, 6.07) is 10.1. The molecular formula is C23H19Cl2N3O2S. The topological polar surface area (TPSA) is 64.0 Å². The molecule has 1 unspecified atom stereocenters. The Balaban J connectivity index is 1.72. The van der Waals surface area contributed by atoms with Crippen LogP contribution < -0.4 is 10.9 Å². The van der Waals surface area contributed by atoms with E-state index in [1.54, 1.807) is 25.1 Å². The van der Waals surface area contributed by atoms with E-state index in [2.05, 4.69) is 16.4 Å². The number of aryl methyl sites for hydroxylation is 2. The van der Waals surface area contributed by atoms with Gasteiger partial charge in [0.2, 0.25) is 5.91 Å². The summed E-state index contributed by atoms with van der Waals surface area (Å²) in [7, 11) is 0. The van der Waals surface area contributed by atoms with Crippen molar-refractivity contribution in [2.24, 2.45) is 0 Å². The minimum atomic E-state index is -0.783. The van der Waals surface area contributed by atoms with Crippen LogP contribution in [0.1, 0.15) is 24.1 Å². The molecule has 1 N–H and O–H groups in total. The number of benzene rings is 2. The van der Waals surface area contributed by atoms with Gasteiger partial charge in [-0.25, -0.2) is 4.98 Å². The summed E-state index contributed by atoms with van der Waals surface area (Å²) in [5.74, 6) is -0.371. The number of thiophene rings is 1. The molecule has 8 heteroatoms. The molecule has 158 valence electrons. The molecule has 2 aromatic carbocycles. The molecule has 0 spiro atoms. The molecule has 0 fully saturated rings. The van der Waals surface area contributed by atoms with E-state index in [1.807, 2.05) is 31.4 Å². The Labute approximate surface area is 193 Å². The van der Waals surface area contributed by atoms with E-state index < -0.39 is 6.04 Å². The first-order valence-electron chi connectivity index (χ1n) is 9.57. The lowest BCUT2D eigenvalue weighted by atomic mass is 10.0. The Bertz CT molecular complexity index is 1360. The van der Waals surface area contributed by atoms with Crippen LogP contribution in [0.25, 0.3) is 21.3 Å². The van der Waals surface area contributed by atoms with Crippen molar-refractivity contribution in [2.45, 2.75) is 26.8 Å². The van der Waals surface area contributed by atoms with Crippen molar-refractivity contribution in [3.05, 3.63) is 79.6 Å². The SMILES string of the molecule is Cc1ccc(-c2csc3ncn(C(C)C(=O)Nc4cc(Cl)cc(Cl)c4)c(=O)c23)cc1C. The number of nitrogens with one attached hydrogen (secondary N) is 1. The second-order valence-electron chi connectivity index (χ2n) is 7.41. The number of rotatable bonds is 4. The standard InChI is InChI=1S/C23H19Cl2N3O2S/c1-12-4-5-15(6-13(12)2)19-10-31-22-20(19)23(30)28(11-26-22)14(3)21(29)27-18-8-16(24)7-17(25)9-18/h4-11,14H,1-3H3,(H,27,29). The monoisotopic (exact) mass is 471 g/mol. The first kappa shape index (κ1) is 21.6. The number of amides is 1. The van der Waals surface area contributed by atoms with Crippen molar-refractivity contribution in [3.63, 3.8) is 0 Å². The van der Waals surface area contributed by atoms with Crippen LogP contribution in [-0.2, 0) is 4.79 Å². The number of carbonyl (C=O) groups is 1. The minimum absolute atomic E-state index is 0.258. The maximum Gasteiger partial charge on any atom is 0.263 e. The Morgan fingerprint density at radius 2 is 1.81 bits per heavy atom. The summed E-state index contributed by atoms with van der Waals surface area (Å²) in [5.41, 5.74) is 4.31. The predicted molar refractivity (Wildman–Crippen MR) is 129 cm³/mol. The molecule has 0 radical (unpaired) electrons. The van der Waals surface area contributed by atoms with Crippen LogP contribution in [0.2, 0.25) is 10.0 Å². The van der Waals surface area contributed by atoms with E-state index in [0.717, 1.165) is 16.7 Å². The van der Waals surface area contributed by atoms with Gasteiger partial charge in [0.15, 0.2) is 0 Å². The lowest BCUT2D eigenvalue weighted by molar-refractivity contribution is -0.118. The summed E-state index contributed by atoms with van der Waals surface area (Å²) in [5, 5.41) is 6.03. The maximum atomic E-state index is 13.3. The van der Waals surface area contributed by atoms with Crippen molar-refractivity contribution in [3.8, 4) is 11.1 Å². The third-order valence-corrected chi connectivity index (χ3v) is 6.59. The van der Waals surface area contributed by atoms with Crippen LogP contribution in [-0.4, -0.2) is 15.5 Å². The summed E-state index contributed by atoms with van der Waals surface area (Å²) in [4.78, 5) is 31.2. The molecule has 0 aliphatic heterocycles. The number of fused-ring (bicyclic) bond motifs is 1. The third-order valence-electron chi connectivity index (χ3n) is 5.26. The third kappa shape index (κ3) is 4.24. The highest BCUT2D eigenvalue weighted by Crippen LogP contribution is 2.32. The summed E-state index contributed by atoms with van der Waals surface area (Å²) in [6.45, 7) is 5.74. The van der Waals surface area contributed by atoms with E-state index in [9.17, 15) is 9.59 Å². The van der Waals surface area contributed by atoms with Crippen LogP contribution in [0.3, 0.4) is 0 Å². The van der Waals surface area contributed by atoms with Gasteiger partial charge in [-0.3, -0.25) is 14.2 Å². The molecule has 0 saturated carbocycles. The molecule has 31 heavy (non-hydrogen) atoms. The summed E-state index contributed by atoms with van der Waals surface area (Å²) in [6.07, 6.45) is 1.42. The van der Waals surface area contributed by atoms with Gasteiger partial charge in [-0.15, -0.1) is 11.3 Å². The lowest BCUT2D eigenvalue weighted by Crippen LogP contribution is -2.31. The predicted octanol–water partition coefficient (Wildman–Crippen LogP) is 6.25. The zero-order valence-electron chi connectivity index (χ0n) is 17.1. The molecule has 0 bridgehead atoms. The molecule has 0 aliphatic rings. The zero-order chi connectivity index (χ0) is 22.3. The van der Waals surface area contributed by atoms with E-state index in [0.29, 0.717) is 25.9 Å². The summed E-state index contributed by atoms with van der Waals surface area (Å²) < 4.78 is 1.35. The quantitative estimate of drug-likeness (QED) is 0.382. The highest BCUT2D eigenvalue weighted by molar-refractivity contribution is 7.17. The fourth-order valence-electron chi connectivity index (χ4n) is 3.34. The smallest absolute Gasteiger partial charge is 0.263 e. The van der Waals surface area contributed by atoms with Gasteiger partial charge in [-0.1, -0.05) is 41.4 Å². The van der Waals surface area contributed by atoms with Crippen LogP contribution >= 0.6 is 34.5 Å². The number of hydrogen-bond acceptors (Lipinski definition) is 4. The molecule has 5 nitrogen and oxygen atoms in total. The zero-order valence-corrected chi connectivity index (χ0v) is 19.4. The van der Waals surface area contributed by atoms with Crippen LogP contribution in [0.4, 0.5) is 5.69 Å². The molecule has 2 aromatic heterocycles. The highest BCUT2D eigenvalue weighted by Gasteiger charge is 2.21. The normalized spacial score (nSPS) is 12.2. The van der Waals surface area contributed by atoms with Crippen LogP contribution in [0, 0.1) is 13.8 Å². The van der Waals surface area contributed by atoms with Crippen molar-refractivity contribution in [1.29, 1.82) is 0 Å². The van der Waals surface area contributed by atoms with Gasteiger partial charge in [0.05, 0.1) is 11.7 Å². The maximum absolute atomic E-state index is 13.3. The Morgan fingerprint density at radius 3 is 2.48 bits per heavy atom. The molecule has 0 aliphatic carbocycles. The van der Waals surface area contributed by atoms with Crippen molar-refractivity contribution < 1.29 is 4.79 Å². The van der Waals surface area contributed by atoms with Gasteiger partial charge in [0, 0.05) is 26.7 Å². The second-order valence-corrected chi connectivity index (χ2v) is 9.14. The number of carbonyl (C=O) groups excluding carboxylic acids is 1. The molecule has 1 amide bonds. The number of aromatic nitrogens is 2. The molecule has 0 saturated heterocycles. The fraction of sp³-hybridized carbons (Fsp3) is 0.174. The van der Waals surface area contributed by atoms with Gasteiger partial charge < -0.3 is 5.32 Å². The van der Waals surface area contributed by atoms with Gasteiger partial charge in [-0.2, -0.15) is 0 Å². The van der Waals surface area contributed by atoms with Crippen molar-refractivity contribution >= 4 is 56.3 Å². The minimum Gasteiger partial charge on any atom is -0.324 e. The molecule has 1 atom stereocenters. The second kappa shape index (κ2) is 8.46. The fourth-order valence-corrected chi connectivity index (χ4v) is 4.77. The Morgan fingerprint density at radius 1 is 1.10 bits per heavy atom. The Hall–Kier alpha value is -2.67. The van der Waals surface area contributed by atoms with Crippen LogP contribution in [0.5, 0.6) is 0 Å². The highest BCUT2D eigenvalue weighted by atomic mass is 35.5. The average molecular weight is 472 g/mol. The van der Waals surface area contributed by atoms with Crippen LogP contribution in [0.15, 0.2) is 52.9 Å². The van der Waals surface area contributed by atoms with E-state index in [1.165, 1.54) is 27.8 Å². The van der Waals surface area contributed by atoms with E-state index in [4.69, 9.17) is 23.2 Å². The summed E-state index contributed by atoms with van der Waals surface area (Å²) >= 11 is 13.4.